The second kappa shape index (κ2) is 20.6. The van der Waals surface area contributed by atoms with Gasteiger partial charge in [0.05, 0.1) is 25.9 Å². The molecule has 0 bridgehead atoms. The third-order valence-corrected chi connectivity index (χ3v) is 9.23. The Kier molecular flexibility index (Phi) is 16.8. The van der Waals surface area contributed by atoms with Crippen molar-refractivity contribution in [1.29, 1.82) is 0 Å². The third kappa shape index (κ3) is 11.1. The van der Waals surface area contributed by atoms with Crippen molar-refractivity contribution in [2.75, 3.05) is 33.0 Å². The van der Waals surface area contributed by atoms with Crippen LogP contribution in [0, 0.1) is 0 Å². The van der Waals surface area contributed by atoms with Gasteiger partial charge in [0.1, 0.15) is 67.1 Å². The van der Waals surface area contributed by atoms with Crippen LogP contribution < -0.4 is 5.32 Å². The Labute approximate surface area is 307 Å². The summed E-state index contributed by atoms with van der Waals surface area (Å²) < 4.78 is 33.4. The number of nitrogens with zero attached hydrogens (tertiary/aromatic N) is 1. The van der Waals surface area contributed by atoms with Crippen molar-refractivity contribution in [3.63, 3.8) is 0 Å². The topological polar surface area (TPSA) is 350 Å². The van der Waals surface area contributed by atoms with Crippen molar-refractivity contribution in [2.24, 2.45) is 0 Å². The molecule has 0 aromatic rings. The van der Waals surface area contributed by atoms with E-state index in [1.807, 2.05) is 0 Å². The van der Waals surface area contributed by atoms with Gasteiger partial charge in [-0.15, -0.1) is 5.06 Å². The first-order valence-corrected chi connectivity index (χ1v) is 17.5. The molecule has 4 heterocycles. The van der Waals surface area contributed by atoms with Crippen LogP contribution in [-0.2, 0) is 52.4 Å². The number of amides is 3. The number of hydrogen-bond donors (Lipinski definition) is 11. The van der Waals surface area contributed by atoms with Gasteiger partial charge in [0.15, 0.2) is 18.9 Å². The number of hydroxylamine groups is 2. The van der Waals surface area contributed by atoms with Gasteiger partial charge in [-0.3, -0.25) is 14.4 Å². The molecule has 23 nitrogen and oxygen atoms in total. The third-order valence-electron chi connectivity index (χ3n) is 9.23. The minimum absolute atomic E-state index is 0.0159. The van der Waals surface area contributed by atoms with Gasteiger partial charge in [-0.1, -0.05) is 0 Å². The van der Waals surface area contributed by atoms with Crippen molar-refractivity contribution < 1.29 is 104 Å². The summed E-state index contributed by atoms with van der Waals surface area (Å²) in [5.41, 5.74) is 0. The molecule has 4 fully saturated rings. The van der Waals surface area contributed by atoms with Crippen LogP contribution in [0.3, 0.4) is 0 Å². The standard InChI is InChI=1S/C31H50N2O21/c34-9-7-13-20(40)23(43)25(45)29(50-13)49-12-15-22(42)28(53-31-26(46)24(44)21(41)14(11-35)51-31)27(47)30(52-15)48-10-8-32-16(36)3-1-2-4-19(39)54-33-17(37)5-6-18(33)38/h13-15,20-31,34-35,40-47H,1-12H2,(H,32,36)/t13-,14-,15-,20-,21-,22-,23+,24+,25+,26+,27+,28+,29+,30+,31-/m1/s1. The summed E-state index contributed by atoms with van der Waals surface area (Å²) in [5, 5.41) is 106. The first-order chi connectivity index (χ1) is 25.7. The molecule has 0 unspecified atom stereocenters. The van der Waals surface area contributed by atoms with Gasteiger partial charge in [-0.2, -0.15) is 0 Å². The van der Waals surface area contributed by atoms with Crippen LogP contribution in [-0.4, -0.2) is 205 Å². The molecule has 11 N–H and O–H groups in total. The number of carbonyl (C=O) groups excluding carboxylic acids is 4. The van der Waals surface area contributed by atoms with Crippen LogP contribution in [0.2, 0.25) is 0 Å². The van der Waals surface area contributed by atoms with Gasteiger partial charge < -0.3 is 89.6 Å². The minimum atomic E-state index is -1.92. The van der Waals surface area contributed by atoms with Crippen LogP contribution in [0.4, 0.5) is 0 Å². The van der Waals surface area contributed by atoms with E-state index in [2.05, 4.69) is 5.32 Å². The maximum Gasteiger partial charge on any atom is 0.333 e. The normalized spacial score (nSPS) is 38.8. The summed E-state index contributed by atoms with van der Waals surface area (Å²) >= 11 is 0. The highest BCUT2D eigenvalue weighted by Crippen LogP contribution is 2.31. The van der Waals surface area contributed by atoms with Gasteiger partial charge in [-0.25, -0.2) is 4.79 Å². The zero-order chi connectivity index (χ0) is 39.7. The Morgan fingerprint density at radius 1 is 0.685 bits per heavy atom. The lowest BCUT2D eigenvalue weighted by Gasteiger charge is -2.46. The van der Waals surface area contributed by atoms with E-state index in [0.29, 0.717) is 5.06 Å². The van der Waals surface area contributed by atoms with Crippen LogP contribution in [0.25, 0.3) is 0 Å². The average molecular weight is 787 g/mol. The monoisotopic (exact) mass is 786 g/mol. The Balaban J connectivity index is 1.31. The first-order valence-electron chi connectivity index (χ1n) is 17.5. The molecule has 0 saturated carbocycles. The van der Waals surface area contributed by atoms with Gasteiger partial charge in [0, 0.05) is 38.8 Å². The Morgan fingerprint density at radius 2 is 1.26 bits per heavy atom. The van der Waals surface area contributed by atoms with Crippen LogP contribution in [0.1, 0.15) is 44.9 Å². The number of nitrogens with one attached hydrogen (secondary N) is 1. The maximum atomic E-state index is 12.3. The molecule has 310 valence electrons. The molecule has 54 heavy (non-hydrogen) atoms. The van der Waals surface area contributed by atoms with Crippen molar-refractivity contribution in [3.8, 4) is 0 Å². The highest BCUT2D eigenvalue weighted by molar-refractivity contribution is 6.01. The molecule has 0 aromatic carbocycles. The van der Waals surface area contributed by atoms with Gasteiger partial charge in [0.25, 0.3) is 11.8 Å². The molecule has 4 aliphatic rings. The number of aliphatic hydroxyl groups is 10. The van der Waals surface area contributed by atoms with E-state index in [1.54, 1.807) is 0 Å². The lowest BCUT2D eigenvalue weighted by Crippen LogP contribution is -2.65. The van der Waals surface area contributed by atoms with Crippen molar-refractivity contribution in [3.05, 3.63) is 0 Å². The predicted octanol–water partition coefficient (Wildman–Crippen LogP) is -6.87. The Hall–Kier alpha value is -2.56. The highest BCUT2D eigenvalue weighted by atomic mass is 16.8. The summed E-state index contributed by atoms with van der Waals surface area (Å²) in [7, 11) is 0. The van der Waals surface area contributed by atoms with E-state index in [0.717, 1.165) is 0 Å². The fourth-order valence-corrected chi connectivity index (χ4v) is 6.10. The van der Waals surface area contributed by atoms with Crippen molar-refractivity contribution >= 4 is 23.7 Å². The van der Waals surface area contributed by atoms with Crippen molar-refractivity contribution in [1.82, 2.24) is 10.4 Å². The summed E-state index contributed by atoms with van der Waals surface area (Å²) in [6, 6.07) is 0. The lowest BCUT2D eigenvalue weighted by molar-refractivity contribution is -0.365. The molecule has 0 aromatic heterocycles. The van der Waals surface area contributed by atoms with E-state index in [1.165, 1.54) is 0 Å². The van der Waals surface area contributed by atoms with Gasteiger partial charge in [0.2, 0.25) is 5.91 Å². The quantitative estimate of drug-likeness (QED) is 0.0454. The van der Waals surface area contributed by atoms with Crippen LogP contribution in [0.15, 0.2) is 0 Å². The molecule has 0 radical (unpaired) electrons. The van der Waals surface area contributed by atoms with E-state index in [4.69, 9.17) is 33.3 Å². The summed E-state index contributed by atoms with van der Waals surface area (Å²) in [6.45, 7) is -2.27. The van der Waals surface area contributed by atoms with E-state index < -0.39 is 136 Å². The maximum absolute atomic E-state index is 12.3. The second-order valence-corrected chi connectivity index (χ2v) is 13.2. The van der Waals surface area contributed by atoms with Crippen LogP contribution >= 0.6 is 0 Å². The summed E-state index contributed by atoms with van der Waals surface area (Å²) in [6.07, 6.45) is -24.9. The molecular formula is C31H50N2O21. The number of carbonyl (C=O) groups is 4. The summed E-state index contributed by atoms with van der Waals surface area (Å²) in [4.78, 5) is 52.1. The SMILES string of the molecule is O=C(CCCCC(=O)ON1C(=O)CCC1=O)NCCO[C@H]1O[C@H](CO[C@H]2O[C@H](CCO)[C@@H](O)[C@H](O)[C@@H]2O)[C@@H](O)[C@H](O[C@H]2O[C@H](CO)[C@@H](O)[C@H](O)[C@@H]2O)[C@@H]1O. The predicted molar refractivity (Wildman–Crippen MR) is 168 cm³/mol. The Bertz CT molecular complexity index is 1230. The zero-order valence-corrected chi connectivity index (χ0v) is 29.1. The van der Waals surface area contributed by atoms with Gasteiger partial charge in [-0.05, 0) is 19.3 Å². The number of rotatable bonds is 18. The molecular weight excluding hydrogens is 736 g/mol. The lowest BCUT2D eigenvalue weighted by atomic mass is 9.96. The number of unbranched alkanes of at least 4 members (excludes halogenated alkanes) is 1. The molecule has 15 atom stereocenters. The van der Waals surface area contributed by atoms with Crippen molar-refractivity contribution in [2.45, 2.75) is 137 Å². The zero-order valence-electron chi connectivity index (χ0n) is 29.1. The van der Waals surface area contributed by atoms with E-state index in [9.17, 15) is 70.2 Å². The highest BCUT2D eigenvalue weighted by Gasteiger charge is 2.52. The smallest absolute Gasteiger partial charge is 0.333 e. The number of ether oxygens (including phenoxy) is 6. The van der Waals surface area contributed by atoms with Gasteiger partial charge >= 0.3 is 5.97 Å². The average Bonchev–Trinajstić information content (AvgIpc) is 3.46. The number of aliphatic hydroxyl groups excluding tert-OH is 10. The fraction of sp³-hybridized carbons (Fsp3) is 0.871. The first kappa shape index (κ1) is 44.2. The molecule has 3 amide bonds. The largest absolute Gasteiger partial charge is 0.396 e. The molecule has 0 aliphatic carbocycles. The molecule has 4 aliphatic heterocycles. The Morgan fingerprint density at radius 3 is 1.91 bits per heavy atom. The summed E-state index contributed by atoms with van der Waals surface area (Å²) in [5.74, 6) is -2.46. The number of imide groups is 1. The molecule has 0 spiro atoms. The van der Waals surface area contributed by atoms with Crippen LogP contribution in [0.5, 0.6) is 0 Å². The number of hydrogen-bond acceptors (Lipinski definition) is 21. The second-order valence-electron chi connectivity index (χ2n) is 13.2. The molecule has 4 saturated heterocycles. The fourth-order valence-electron chi connectivity index (χ4n) is 6.10. The minimum Gasteiger partial charge on any atom is -0.396 e. The molecule has 23 heteroatoms. The van der Waals surface area contributed by atoms with E-state index >= 15 is 0 Å². The molecule has 4 rings (SSSR count). The van der Waals surface area contributed by atoms with E-state index in [-0.39, 0.29) is 58.1 Å².